The number of carbonyl (C=O) groups excluding carboxylic acids is 1. The highest BCUT2D eigenvalue weighted by atomic mass is 32.2. The Morgan fingerprint density at radius 2 is 1.76 bits per heavy atom. The molecule has 0 atom stereocenters. The Labute approximate surface area is 170 Å². The molecule has 1 aliphatic rings. The molecule has 0 radical (unpaired) electrons. The van der Waals surface area contributed by atoms with E-state index < -0.39 is 25.7 Å². The normalized spacial score (nSPS) is 15.1. The molecular weight excluding hydrogens is 418 g/mol. The molecule has 154 valence electrons. The maximum Gasteiger partial charge on any atom is 0.273 e. The predicted molar refractivity (Wildman–Crippen MR) is 109 cm³/mol. The minimum absolute atomic E-state index is 0.203. The number of sulfonamides is 1. The van der Waals surface area contributed by atoms with Crippen LogP contribution >= 0.6 is 0 Å². The number of hydrogen-bond donors (Lipinski definition) is 1. The van der Waals surface area contributed by atoms with Gasteiger partial charge in [0.2, 0.25) is 0 Å². The lowest BCUT2D eigenvalue weighted by Gasteiger charge is -2.26. The van der Waals surface area contributed by atoms with Gasteiger partial charge < -0.3 is 4.90 Å². The molecule has 2 aromatic rings. The first-order valence-electron chi connectivity index (χ1n) is 8.69. The number of hydrogen-bond acceptors (Lipinski definition) is 6. The highest BCUT2D eigenvalue weighted by molar-refractivity contribution is 7.92. The summed E-state index contributed by atoms with van der Waals surface area (Å²) in [6.45, 7) is 2.37. The SMILES string of the molecule is Cc1ccc(S(=O)(=O)Nc2ccc(C(=O)N3CCS(=O)CC3)cc2)cc1[N+](=O)[O-]. The summed E-state index contributed by atoms with van der Waals surface area (Å²) in [5.41, 5.74) is 0.700. The van der Waals surface area contributed by atoms with E-state index in [9.17, 15) is 27.5 Å². The summed E-state index contributed by atoms with van der Waals surface area (Å²) in [7, 11) is -4.92. The summed E-state index contributed by atoms with van der Waals surface area (Å²) in [6, 6.07) is 9.59. The van der Waals surface area contributed by atoms with Crippen LogP contribution in [0.5, 0.6) is 0 Å². The molecule has 1 fully saturated rings. The number of carbonyl (C=O) groups is 1. The molecule has 29 heavy (non-hydrogen) atoms. The molecule has 0 aliphatic carbocycles. The van der Waals surface area contributed by atoms with Gasteiger partial charge in [0.1, 0.15) is 0 Å². The van der Waals surface area contributed by atoms with E-state index in [0.29, 0.717) is 35.7 Å². The molecule has 2 aromatic carbocycles. The van der Waals surface area contributed by atoms with Crippen LogP contribution in [0.2, 0.25) is 0 Å². The highest BCUT2D eigenvalue weighted by Crippen LogP contribution is 2.24. The number of nitrogens with one attached hydrogen (secondary N) is 1. The molecule has 11 heteroatoms. The minimum atomic E-state index is -4.03. The Balaban J connectivity index is 1.75. The van der Waals surface area contributed by atoms with Crippen LogP contribution in [-0.2, 0) is 20.8 Å². The molecule has 1 saturated heterocycles. The fraction of sp³-hybridized carbons (Fsp3) is 0.278. The summed E-state index contributed by atoms with van der Waals surface area (Å²) >= 11 is 0. The van der Waals surface area contributed by atoms with E-state index in [0.717, 1.165) is 6.07 Å². The molecule has 1 N–H and O–H groups in total. The van der Waals surface area contributed by atoms with Crippen LogP contribution in [0.15, 0.2) is 47.4 Å². The smallest absolute Gasteiger partial charge is 0.273 e. The quantitative estimate of drug-likeness (QED) is 0.562. The van der Waals surface area contributed by atoms with Gasteiger partial charge in [0.05, 0.1) is 9.82 Å². The van der Waals surface area contributed by atoms with Crippen molar-refractivity contribution in [3.05, 3.63) is 63.7 Å². The zero-order valence-corrected chi connectivity index (χ0v) is 17.2. The van der Waals surface area contributed by atoms with Gasteiger partial charge in [-0.2, -0.15) is 0 Å². The van der Waals surface area contributed by atoms with E-state index in [1.54, 1.807) is 4.90 Å². The second kappa shape index (κ2) is 8.29. The number of nitrogens with zero attached hydrogens (tertiary/aromatic N) is 2. The van der Waals surface area contributed by atoms with E-state index in [1.807, 2.05) is 0 Å². The lowest BCUT2D eigenvalue weighted by atomic mass is 10.2. The van der Waals surface area contributed by atoms with Crippen molar-refractivity contribution in [3.8, 4) is 0 Å². The fourth-order valence-corrected chi connectivity index (χ4v) is 5.00. The second-order valence-corrected chi connectivity index (χ2v) is 9.91. The van der Waals surface area contributed by atoms with E-state index in [-0.39, 0.29) is 22.2 Å². The van der Waals surface area contributed by atoms with Crippen LogP contribution in [0.3, 0.4) is 0 Å². The first kappa shape index (κ1) is 20.9. The molecule has 0 bridgehead atoms. The van der Waals surface area contributed by atoms with Crippen LogP contribution in [-0.4, -0.2) is 53.0 Å². The number of benzene rings is 2. The third kappa shape index (κ3) is 4.80. The fourth-order valence-electron chi connectivity index (χ4n) is 2.87. The summed E-state index contributed by atoms with van der Waals surface area (Å²) in [4.78, 5) is 24.3. The van der Waals surface area contributed by atoms with Gasteiger partial charge in [0, 0.05) is 58.3 Å². The first-order valence-corrected chi connectivity index (χ1v) is 11.7. The Bertz CT molecular complexity index is 1070. The Morgan fingerprint density at radius 3 is 2.34 bits per heavy atom. The average molecular weight is 437 g/mol. The summed E-state index contributed by atoms with van der Waals surface area (Å²) < 4.78 is 38.9. The lowest BCUT2D eigenvalue weighted by molar-refractivity contribution is -0.385. The van der Waals surface area contributed by atoms with Gasteiger partial charge in [-0.15, -0.1) is 0 Å². The number of rotatable bonds is 5. The number of aryl methyl sites for hydroxylation is 1. The monoisotopic (exact) mass is 437 g/mol. The van der Waals surface area contributed by atoms with Crippen molar-refractivity contribution in [2.24, 2.45) is 0 Å². The van der Waals surface area contributed by atoms with Crippen molar-refractivity contribution in [2.45, 2.75) is 11.8 Å². The van der Waals surface area contributed by atoms with Crippen molar-refractivity contribution in [1.82, 2.24) is 4.90 Å². The van der Waals surface area contributed by atoms with E-state index in [2.05, 4.69) is 4.72 Å². The number of nitro benzene ring substituents is 1. The summed E-state index contributed by atoms with van der Waals surface area (Å²) in [6.07, 6.45) is 0. The van der Waals surface area contributed by atoms with Gasteiger partial charge in [-0.1, -0.05) is 6.07 Å². The van der Waals surface area contributed by atoms with Crippen LogP contribution in [0.1, 0.15) is 15.9 Å². The number of nitro groups is 1. The molecule has 1 amide bonds. The molecule has 0 spiro atoms. The lowest BCUT2D eigenvalue weighted by Crippen LogP contribution is -2.41. The van der Waals surface area contributed by atoms with E-state index in [4.69, 9.17) is 0 Å². The summed E-state index contributed by atoms with van der Waals surface area (Å²) in [5.74, 6) is 0.698. The Morgan fingerprint density at radius 1 is 1.14 bits per heavy atom. The second-order valence-electron chi connectivity index (χ2n) is 6.53. The highest BCUT2D eigenvalue weighted by Gasteiger charge is 2.22. The molecular formula is C18H19N3O6S2. The molecule has 0 saturated carbocycles. The predicted octanol–water partition coefficient (Wildman–Crippen LogP) is 1.91. The molecule has 1 aliphatic heterocycles. The third-order valence-corrected chi connectivity index (χ3v) is 7.19. The van der Waals surface area contributed by atoms with Gasteiger partial charge >= 0.3 is 0 Å². The maximum atomic E-state index is 12.5. The van der Waals surface area contributed by atoms with Gasteiger partial charge in [-0.05, 0) is 37.3 Å². The van der Waals surface area contributed by atoms with Gasteiger partial charge in [0.15, 0.2) is 0 Å². The maximum absolute atomic E-state index is 12.5. The molecule has 9 nitrogen and oxygen atoms in total. The zero-order chi connectivity index (χ0) is 21.2. The average Bonchev–Trinajstić information content (AvgIpc) is 2.68. The van der Waals surface area contributed by atoms with Crippen molar-refractivity contribution in [3.63, 3.8) is 0 Å². The van der Waals surface area contributed by atoms with E-state index >= 15 is 0 Å². The van der Waals surface area contributed by atoms with Crippen molar-refractivity contribution in [1.29, 1.82) is 0 Å². The van der Waals surface area contributed by atoms with E-state index in [1.165, 1.54) is 43.3 Å². The minimum Gasteiger partial charge on any atom is -0.337 e. The molecule has 0 aromatic heterocycles. The topological polar surface area (TPSA) is 127 Å². The molecule has 3 rings (SSSR count). The number of anilines is 1. The number of amides is 1. The van der Waals surface area contributed by atoms with Crippen LogP contribution in [0.25, 0.3) is 0 Å². The van der Waals surface area contributed by atoms with Gasteiger partial charge in [-0.3, -0.25) is 23.8 Å². The van der Waals surface area contributed by atoms with Gasteiger partial charge in [-0.25, -0.2) is 8.42 Å². The van der Waals surface area contributed by atoms with Crippen molar-refractivity contribution < 1.29 is 22.3 Å². The molecule has 0 unspecified atom stereocenters. The summed E-state index contributed by atoms with van der Waals surface area (Å²) in [5, 5.41) is 11.0. The van der Waals surface area contributed by atoms with Crippen LogP contribution < -0.4 is 4.72 Å². The van der Waals surface area contributed by atoms with Crippen LogP contribution in [0, 0.1) is 17.0 Å². The zero-order valence-electron chi connectivity index (χ0n) is 15.5. The molecule has 1 heterocycles. The Hall–Kier alpha value is -2.79. The van der Waals surface area contributed by atoms with Crippen LogP contribution in [0.4, 0.5) is 11.4 Å². The van der Waals surface area contributed by atoms with Crippen molar-refractivity contribution >= 4 is 38.1 Å². The third-order valence-electron chi connectivity index (χ3n) is 4.54. The standard InChI is InChI=1S/C18H19N3O6S2/c1-13-2-7-16(12-17(13)21(23)24)29(26,27)19-15-5-3-14(4-6-15)18(22)20-8-10-28(25)11-9-20/h2-7,12,19H,8-11H2,1H3. The van der Waals surface area contributed by atoms with Gasteiger partial charge in [0.25, 0.3) is 21.6 Å². The first-order chi connectivity index (χ1) is 13.7. The largest absolute Gasteiger partial charge is 0.337 e. The van der Waals surface area contributed by atoms with Crippen molar-refractivity contribution in [2.75, 3.05) is 29.3 Å². The Kier molecular flexibility index (Phi) is 5.99.